The van der Waals surface area contributed by atoms with Crippen LogP contribution in [0.4, 0.5) is 26.3 Å². The molecule has 0 amide bonds. The van der Waals surface area contributed by atoms with Gasteiger partial charge in [-0.25, -0.2) is 14.6 Å². The monoisotopic (exact) mass is 1210 g/mol. The molecule has 424 valence electrons. The average molecular weight is 1210 g/mol. The summed E-state index contributed by atoms with van der Waals surface area (Å²) in [7, 11) is 3.17. The third kappa shape index (κ3) is 16.7. The van der Waals surface area contributed by atoms with E-state index in [-0.39, 0.29) is 85.2 Å². The summed E-state index contributed by atoms with van der Waals surface area (Å²) in [4.78, 5) is 60.5. The molecule has 0 aliphatic carbocycles. The number of benzene rings is 4. The van der Waals surface area contributed by atoms with Crippen LogP contribution in [0.15, 0.2) is 121 Å². The summed E-state index contributed by atoms with van der Waals surface area (Å²) in [5.41, 5.74) is 1.36. The fraction of sp³-hybridized carbons (Fsp3) is 0.346. The Morgan fingerprint density at radius 2 is 0.962 bits per heavy atom. The number of halogens is 9. The van der Waals surface area contributed by atoms with Crippen molar-refractivity contribution in [2.45, 2.75) is 78.4 Å². The van der Waals surface area contributed by atoms with E-state index in [1.165, 1.54) is 55.6 Å². The lowest BCUT2D eigenvalue weighted by Crippen LogP contribution is -2.39. The first-order chi connectivity index (χ1) is 37.5. The number of fused-ring (bicyclic) bond motifs is 2. The van der Waals surface area contributed by atoms with Crippen LogP contribution in [0.2, 0.25) is 10.0 Å². The first kappa shape index (κ1) is 61.0. The van der Waals surface area contributed by atoms with Gasteiger partial charge in [-0.05, 0) is 88.4 Å². The number of nitrogens with zero attached hydrogens (tertiary/aromatic N) is 8. The van der Waals surface area contributed by atoms with E-state index in [0.29, 0.717) is 45.5 Å². The van der Waals surface area contributed by atoms with Crippen molar-refractivity contribution in [2.24, 2.45) is 14.1 Å². The molecule has 0 radical (unpaired) electrons. The maximum atomic E-state index is 13.4. The predicted octanol–water partition coefficient (Wildman–Crippen LogP) is 9.87. The van der Waals surface area contributed by atoms with Crippen molar-refractivity contribution in [1.82, 2.24) is 37.4 Å². The van der Waals surface area contributed by atoms with Gasteiger partial charge in [0.2, 0.25) is 0 Å². The van der Waals surface area contributed by atoms with E-state index in [2.05, 4.69) is 35.4 Å². The molecule has 0 spiro atoms. The van der Waals surface area contributed by atoms with Gasteiger partial charge in [0, 0.05) is 49.4 Å². The number of hydrogen-bond donors (Lipinski definition) is 1. The standard InChI is InChI=1S/C26H26ClF3N4O5.C17H18BrClN4O2.C9H9F3O3/c1-3-4-12-33-23(35)21-22(32(2)25(33)36)31-24(34(21)16-17-8-10-18(27)11-9-17)38-14-13-37-19-6-5-7-20(15-19)39-26(28,29)30;1-3-4-9-22-15(24)13-14(21(2)17(22)25)20-16(18)23(13)10-11-5-7-12(19)8-6-11;10-9(11,12)15-8-3-1-2-7(6-8)14-5-4-13/h5-11,15H,3-4,12-14,16H2,1-2H3;5-8H,3-4,9-10H2,1-2H3;1-3,6,13H,4-5H2. The molecule has 0 saturated heterocycles. The van der Waals surface area contributed by atoms with Crippen LogP contribution in [0, 0.1) is 0 Å². The Hall–Kier alpha value is -7.22. The molecule has 8 aromatic rings. The lowest BCUT2D eigenvalue weighted by Gasteiger charge is -2.13. The molecule has 0 bridgehead atoms. The summed E-state index contributed by atoms with van der Waals surface area (Å²) in [5, 5.41) is 9.65. The molecule has 0 unspecified atom stereocenters. The summed E-state index contributed by atoms with van der Waals surface area (Å²) >= 11 is 15.4. The van der Waals surface area contributed by atoms with Crippen molar-refractivity contribution in [3.8, 4) is 29.0 Å². The van der Waals surface area contributed by atoms with Gasteiger partial charge in [-0.1, -0.05) is 86.3 Å². The van der Waals surface area contributed by atoms with Crippen molar-refractivity contribution in [2.75, 3.05) is 26.4 Å². The fourth-order valence-electron chi connectivity index (χ4n) is 7.65. The van der Waals surface area contributed by atoms with Gasteiger partial charge in [0.1, 0.15) is 42.8 Å². The number of aliphatic hydroxyl groups is 1. The van der Waals surface area contributed by atoms with Crippen molar-refractivity contribution in [3.05, 3.63) is 165 Å². The van der Waals surface area contributed by atoms with Gasteiger partial charge in [-0.3, -0.25) is 32.4 Å². The summed E-state index contributed by atoms with van der Waals surface area (Å²) in [6.45, 7) is 5.05. The Bertz CT molecular complexity index is 3580. The minimum Gasteiger partial charge on any atom is -0.491 e. The zero-order chi connectivity index (χ0) is 57.6. The fourth-order valence-corrected chi connectivity index (χ4v) is 8.37. The van der Waals surface area contributed by atoms with E-state index in [9.17, 15) is 45.5 Å². The van der Waals surface area contributed by atoms with Crippen molar-refractivity contribution in [3.63, 3.8) is 0 Å². The summed E-state index contributed by atoms with van der Waals surface area (Å²) < 4.78 is 106. The zero-order valence-electron chi connectivity index (χ0n) is 42.8. The number of imidazole rings is 2. The molecule has 79 heavy (non-hydrogen) atoms. The molecule has 0 fully saturated rings. The second-order valence-corrected chi connectivity index (χ2v) is 18.7. The predicted molar refractivity (Wildman–Crippen MR) is 287 cm³/mol. The molecule has 4 aromatic carbocycles. The molecule has 4 heterocycles. The van der Waals surface area contributed by atoms with E-state index in [4.69, 9.17) is 42.5 Å². The lowest BCUT2D eigenvalue weighted by atomic mass is 10.2. The zero-order valence-corrected chi connectivity index (χ0v) is 45.9. The number of rotatable bonds is 20. The highest BCUT2D eigenvalue weighted by molar-refractivity contribution is 9.10. The van der Waals surface area contributed by atoms with Crippen LogP contribution in [0.3, 0.4) is 0 Å². The van der Waals surface area contributed by atoms with Crippen molar-refractivity contribution < 1.29 is 55.1 Å². The highest BCUT2D eigenvalue weighted by Crippen LogP contribution is 2.28. The van der Waals surface area contributed by atoms with E-state index in [1.54, 1.807) is 52.6 Å². The highest BCUT2D eigenvalue weighted by atomic mass is 79.9. The maximum absolute atomic E-state index is 13.4. The van der Waals surface area contributed by atoms with Crippen LogP contribution in [-0.4, -0.2) is 81.6 Å². The van der Waals surface area contributed by atoms with Gasteiger partial charge in [-0.15, -0.1) is 26.3 Å². The normalized spacial score (nSPS) is 11.5. The summed E-state index contributed by atoms with van der Waals surface area (Å²) in [6, 6.07) is 24.8. The van der Waals surface area contributed by atoms with E-state index in [1.807, 2.05) is 26.0 Å². The van der Waals surface area contributed by atoms with Crippen molar-refractivity contribution in [1.29, 1.82) is 0 Å². The molecule has 4 aromatic heterocycles. The van der Waals surface area contributed by atoms with E-state index < -0.39 is 29.7 Å². The van der Waals surface area contributed by atoms with Crippen LogP contribution in [0.5, 0.6) is 29.0 Å². The number of alkyl halides is 6. The second-order valence-electron chi connectivity index (χ2n) is 17.2. The Morgan fingerprint density at radius 1 is 0.557 bits per heavy atom. The Kier molecular flexibility index (Phi) is 21.3. The van der Waals surface area contributed by atoms with Crippen LogP contribution in [0.1, 0.15) is 50.7 Å². The van der Waals surface area contributed by atoms with E-state index in [0.717, 1.165) is 48.6 Å². The lowest BCUT2D eigenvalue weighted by molar-refractivity contribution is -0.275. The topological polar surface area (TPSA) is 190 Å². The molecule has 8 rings (SSSR count). The Balaban J connectivity index is 0.000000214. The molecular weight excluding hydrogens is 1160 g/mol. The molecule has 0 aliphatic rings. The molecular formula is C52H53BrCl2F6N8O10. The van der Waals surface area contributed by atoms with Crippen LogP contribution >= 0.6 is 39.1 Å². The molecule has 0 atom stereocenters. The maximum Gasteiger partial charge on any atom is 0.573 e. The minimum absolute atomic E-state index is 0.0233. The molecule has 0 aliphatic heterocycles. The van der Waals surface area contributed by atoms with Crippen LogP contribution in [0.25, 0.3) is 22.3 Å². The minimum atomic E-state index is -4.82. The number of hydrogen-bond acceptors (Lipinski definition) is 12. The highest BCUT2D eigenvalue weighted by Gasteiger charge is 2.32. The third-order valence-electron chi connectivity index (χ3n) is 11.4. The molecule has 27 heteroatoms. The van der Waals surface area contributed by atoms with E-state index >= 15 is 0 Å². The summed E-state index contributed by atoms with van der Waals surface area (Å²) in [6.07, 6.45) is -6.40. The number of unbranched alkanes of at least 4 members (excludes halogenated alkanes) is 2. The van der Waals surface area contributed by atoms with Gasteiger partial charge >= 0.3 is 24.1 Å². The smallest absolute Gasteiger partial charge is 0.491 e. The number of aliphatic hydroxyl groups excluding tert-OH is 1. The molecule has 0 saturated carbocycles. The van der Waals surface area contributed by atoms with Crippen LogP contribution < -0.4 is 46.2 Å². The first-order valence-electron chi connectivity index (χ1n) is 24.3. The first-order valence-corrected chi connectivity index (χ1v) is 25.8. The third-order valence-corrected chi connectivity index (χ3v) is 12.5. The Morgan fingerprint density at radius 3 is 1.41 bits per heavy atom. The van der Waals surface area contributed by atoms with Gasteiger partial charge in [0.05, 0.1) is 19.7 Å². The van der Waals surface area contributed by atoms with Crippen molar-refractivity contribution >= 4 is 61.5 Å². The average Bonchev–Trinajstić information content (AvgIpc) is 4.11. The Labute approximate surface area is 464 Å². The van der Waals surface area contributed by atoms with Gasteiger partial charge in [0.25, 0.3) is 17.1 Å². The van der Waals surface area contributed by atoms with Gasteiger partial charge < -0.3 is 33.4 Å². The number of ether oxygens (including phenoxy) is 5. The molecule has 1 N–H and O–H groups in total. The van der Waals surface area contributed by atoms with Crippen LogP contribution in [-0.2, 0) is 40.3 Å². The number of aryl methyl sites for hydroxylation is 2. The largest absolute Gasteiger partial charge is 0.573 e. The summed E-state index contributed by atoms with van der Waals surface area (Å²) in [5.74, 6) is -0.397. The molecule has 18 nitrogen and oxygen atoms in total. The SMILES string of the molecule is CCCCn1c(=O)c2c(nc(Br)n2Cc2ccc(Cl)cc2)n(C)c1=O.CCCCn1c(=O)c2c(nc(OCCOc3cccc(OC(F)(F)F)c3)n2Cc2ccc(Cl)cc2)n(C)c1=O.OCCOc1cccc(OC(F)(F)F)c1. The number of aromatic nitrogens is 8. The van der Waals surface area contributed by atoms with Gasteiger partial charge in [0.15, 0.2) is 27.1 Å². The second kappa shape index (κ2) is 27.6. The van der Waals surface area contributed by atoms with Gasteiger partial charge in [-0.2, -0.15) is 4.98 Å². The quantitative estimate of drug-likeness (QED) is 0.0433.